The summed E-state index contributed by atoms with van der Waals surface area (Å²) >= 11 is 0. The van der Waals surface area contributed by atoms with E-state index in [0.717, 1.165) is 19.4 Å². The van der Waals surface area contributed by atoms with E-state index in [1.54, 1.807) is 43.4 Å². The van der Waals surface area contributed by atoms with Crippen LogP contribution in [-0.4, -0.2) is 48.9 Å². The van der Waals surface area contributed by atoms with E-state index in [1.165, 1.54) is 22.8 Å². The monoisotopic (exact) mass is 441 g/mol. The molecule has 162 valence electrons. The van der Waals surface area contributed by atoms with Crippen molar-refractivity contribution in [1.82, 2.24) is 19.6 Å². The van der Waals surface area contributed by atoms with Gasteiger partial charge in [0.25, 0.3) is 0 Å². The van der Waals surface area contributed by atoms with Crippen LogP contribution < -0.4 is 11.1 Å². The highest BCUT2D eigenvalue weighted by Gasteiger charge is 2.31. The molecule has 9 heteroatoms. The van der Waals surface area contributed by atoms with E-state index in [9.17, 15) is 12.8 Å². The Kier molecular flexibility index (Phi) is 5.99. The summed E-state index contributed by atoms with van der Waals surface area (Å²) in [5, 5.41) is 3.24. The lowest BCUT2D eigenvalue weighted by atomic mass is 10.0. The zero-order valence-electron chi connectivity index (χ0n) is 17.1. The number of rotatable bonds is 5. The number of sulfonamides is 1. The smallest absolute Gasteiger partial charge is 0.243 e. The summed E-state index contributed by atoms with van der Waals surface area (Å²) in [6.45, 7) is 1.51. The first-order valence-corrected chi connectivity index (χ1v) is 11.5. The summed E-state index contributed by atoms with van der Waals surface area (Å²) in [7, 11) is -2.16. The lowest BCUT2D eigenvalue weighted by molar-refractivity contribution is 0.300. The highest BCUT2D eigenvalue weighted by atomic mass is 32.2. The van der Waals surface area contributed by atoms with E-state index in [0.29, 0.717) is 23.4 Å². The minimum atomic E-state index is -3.76. The molecule has 2 heterocycles. The molecule has 0 radical (unpaired) electrons. The molecular weight excluding hydrogens is 417 g/mol. The van der Waals surface area contributed by atoms with Gasteiger partial charge in [-0.1, -0.05) is 24.3 Å². The van der Waals surface area contributed by atoms with Crippen molar-refractivity contribution in [3.05, 3.63) is 60.7 Å². The van der Waals surface area contributed by atoms with Gasteiger partial charge < -0.3 is 11.1 Å². The summed E-state index contributed by atoms with van der Waals surface area (Å²) in [6, 6.07) is 11.1. The summed E-state index contributed by atoms with van der Waals surface area (Å²) in [5.74, 6) is -0.272. The van der Waals surface area contributed by atoms with Crippen LogP contribution in [0.2, 0.25) is 0 Å². The fourth-order valence-electron chi connectivity index (χ4n) is 3.79. The van der Waals surface area contributed by atoms with Crippen molar-refractivity contribution >= 4 is 15.8 Å². The number of halogens is 1. The zero-order chi connectivity index (χ0) is 22.0. The second kappa shape index (κ2) is 8.70. The van der Waals surface area contributed by atoms with Gasteiger partial charge in [-0.15, -0.1) is 0 Å². The average molecular weight is 442 g/mol. The number of anilines is 1. The molecule has 1 saturated heterocycles. The van der Waals surface area contributed by atoms with Gasteiger partial charge in [0.15, 0.2) is 0 Å². The van der Waals surface area contributed by atoms with E-state index < -0.39 is 15.8 Å². The van der Waals surface area contributed by atoms with Gasteiger partial charge >= 0.3 is 0 Å². The highest BCUT2D eigenvalue weighted by Crippen LogP contribution is 2.33. The largest absolute Gasteiger partial charge is 0.382 e. The number of hydrogen-bond donors (Lipinski definition) is 2. The molecule has 3 N–H and O–H groups in total. The minimum Gasteiger partial charge on any atom is -0.382 e. The fourth-order valence-corrected chi connectivity index (χ4v) is 5.39. The van der Waals surface area contributed by atoms with Crippen molar-refractivity contribution in [1.29, 1.82) is 0 Å². The number of nitrogens with one attached hydrogen (secondary N) is 1. The van der Waals surface area contributed by atoms with Crippen LogP contribution >= 0.6 is 0 Å². The lowest BCUT2D eigenvalue weighted by Crippen LogP contribution is -2.46. The molecule has 1 unspecified atom stereocenters. The van der Waals surface area contributed by atoms with Gasteiger partial charge in [-0.2, -0.15) is 4.31 Å². The van der Waals surface area contributed by atoms with Gasteiger partial charge in [-0.05, 0) is 43.1 Å². The van der Waals surface area contributed by atoms with Crippen molar-refractivity contribution in [3.63, 3.8) is 0 Å². The lowest BCUT2D eigenvalue weighted by Gasteiger charge is -2.31. The fraction of sp³-hybridized carbons (Fsp3) is 0.273. The first-order chi connectivity index (χ1) is 14.9. The highest BCUT2D eigenvalue weighted by molar-refractivity contribution is 7.89. The van der Waals surface area contributed by atoms with Gasteiger partial charge in [-0.3, -0.25) is 4.98 Å². The average Bonchev–Trinajstić information content (AvgIpc) is 2.80. The number of nitrogen functional groups attached to an aromatic ring is 1. The second-order valence-electron chi connectivity index (χ2n) is 7.54. The van der Waals surface area contributed by atoms with E-state index in [4.69, 9.17) is 5.73 Å². The molecule has 7 nitrogen and oxygen atoms in total. The van der Waals surface area contributed by atoms with Crippen LogP contribution in [-0.2, 0) is 10.0 Å². The zero-order valence-corrected chi connectivity index (χ0v) is 17.9. The first-order valence-electron chi connectivity index (χ1n) is 10.0. The predicted molar refractivity (Wildman–Crippen MR) is 118 cm³/mol. The number of nitrogens with zero attached hydrogens (tertiary/aromatic N) is 3. The van der Waals surface area contributed by atoms with Gasteiger partial charge in [-0.25, -0.2) is 17.8 Å². The Morgan fingerprint density at radius 1 is 1.13 bits per heavy atom. The Hall–Kier alpha value is -2.88. The summed E-state index contributed by atoms with van der Waals surface area (Å²) in [5.41, 5.74) is 7.08. The first kappa shape index (κ1) is 21.4. The third-order valence-corrected chi connectivity index (χ3v) is 7.53. The normalized spacial score (nSPS) is 17.1. The Morgan fingerprint density at radius 2 is 1.94 bits per heavy atom. The third-order valence-electron chi connectivity index (χ3n) is 5.56. The SMILES string of the molecule is CN(C1CCCNC1)S(=O)(=O)c1ccccc1-c1ccc(-c2cnc(N)cn2)c(F)c1. The van der Waals surface area contributed by atoms with Gasteiger partial charge in [0, 0.05) is 30.8 Å². The number of benzene rings is 2. The molecule has 0 amide bonds. The Labute approximate surface area is 181 Å². The number of aromatic nitrogens is 2. The summed E-state index contributed by atoms with van der Waals surface area (Å²) in [6.07, 6.45) is 4.49. The standard InChI is InChI=1S/C22H24FN5O2S/c1-28(16-5-4-10-25-12-16)31(29,30)21-7-3-2-6-17(21)15-8-9-18(19(23)11-15)20-13-27-22(24)14-26-20/h2-3,6-9,11,13-14,16,25H,4-5,10,12H2,1H3,(H2,24,27). The van der Waals surface area contributed by atoms with Crippen LogP contribution in [0, 0.1) is 5.82 Å². The van der Waals surface area contributed by atoms with Crippen LogP contribution in [0.15, 0.2) is 59.8 Å². The van der Waals surface area contributed by atoms with Crippen LogP contribution in [0.1, 0.15) is 12.8 Å². The van der Waals surface area contributed by atoms with Crippen LogP contribution in [0.3, 0.4) is 0 Å². The van der Waals surface area contributed by atoms with Crippen molar-refractivity contribution < 1.29 is 12.8 Å². The molecule has 0 saturated carbocycles. The maximum absolute atomic E-state index is 14.9. The predicted octanol–water partition coefficient (Wildman–Crippen LogP) is 2.90. The van der Waals surface area contributed by atoms with Crippen LogP contribution in [0.5, 0.6) is 0 Å². The summed E-state index contributed by atoms with van der Waals surface area (Å²) < 4.78 is 43.2. The number of nitrogens with two attached hydrogens (primary N) is 1. The van der Waals surface area contributed by atoms with Crippen LogP contribution in [0.4, 0.5) is 10.2 Å². The van der Waals surface area contributed by atoms with Crippen molar-refractivity contribution in [3.8, 4) is 22.4 Å². The van der Waals surface area contributed by atoms with E-state index in [1.807, 2.05) is 0 Å². The molecule has 0 bridgehead atoms. The molecular formula is C22H24FN5O2S. The Bertz CT molecular complexity index is 1180. The quantitative estimate of drug-likeness (QED) is 0.631. The van der Waals surface area contributed by atoms with Crippen molar-refractivity contribution in [2.75, 3.05) is 25.9 Å². The molecule has 0 aliphatic carbocycles. The maximum Gasteiger partial charge on any atom is 0.243 e. The Morgan fingerprint density at radius 3 is 2.61 bits per heavy atom. The number of hydrogen-bond acceptors (Lipinski definition) is 6. The molecule has 1 fully saturated rings. The second-order valence-corrected chi connectivity index (χ2v) is 9.50. The number of piperidine rings is 1. The third kappa shape index (κ3) is 4.30. The Balaban J connectivity index is 1.71. The maximum atomic E-state index is 14.9. The minimum absolute atomic E-state index is 0.116. The van der Waals surface area contributed by atoms with Crippen LogP contribution in [0.25, 0.3) is 22.4 Å². The van der Waals surface area contributed by atoms with E-state index in [-0.39, 0.29) is 22.3 Å². The van der Waals surface area contributed by atoms with Gasteiger partial charge in [0.2, 0.25) is 10.0 Å². The molecule has 1 aliphatic heterocycles. The molecule has 3 aromatic rings. The molecule has 1 atom stereocenters. The van der Waals surface area contributed by atoms with Gasteiger partial charge in [0.05, 0.1) is 23.0 Å². The topological polar surface area (TPSA) is 101 Å². The molecule has 1 aliphatic rings. The molecule has 4 rings (SSSR count). The van der Waals surface area contributed by atoms with Crippen molar-refractivity contribution in [2.45, 2.75) is 23.8 Å². The van der Waals surface area contributed by atoms with Gasteiger partial charge in [0.1, 0.15) is 11.6 Å². The molecule has 2 aromatic carbocycles. The number of likely N-dealkylation sites (N-methyl/N-ethyl adjacent to an activating group) is 1. The van der Waals surface area contributed by atoms with Crippen molar-refractivity contribution in [2.24, 2.45) is 0 Å². The molecule has 0 spiro atoms. The van der Waals surface area contributed by atoms with E-state index >= 15 is 0 Å². The summed E-state index contributed by atoms with van der Waals surface area (Å²) in [4.78, 5) is 8.21. The molecule has 1 aromatic heterocycles. The molecule has 31 heavy (non-hydrogen) atoms. The van der Waals surface area contributed by atoms with E-state index in [2.05, 4.69) is 15.3 Å².